The van der Waals surface area contributed by atoms with Gasteiger partial charge in [-0.1, -0.05) is 42.5 Å². The Morgan fingerprint density at radius 2 is 1.61 bits per heavy atom. The van der Waals surface area contributed by atoms with Crippen LogP contribution >= 0.6 is 0 Å². The number of hydrogen-bond donors (Lipinski definition) is 3. The van der Waals surface area contributed by atoms with E-state index in [0.717, 1.165) is 5.56 Å². The van der Waals surface area contributed by atoms with E-state index < -0.39 is 10.2 Å². The van der Waals surface area contributed by atoms with Crippen LogP contribution in [-0.4, -0.2) is 64.1 Å². The SMILES string of the molecule is COCCOc1nc(NS(=O)(=O)NCc2ccccc2)c(Oc2ccccc2OC)c(OCCO)n1. The summed E-state index contributed by atoms with van der Waals surface area (Å²) in [6.45, 7) is -0.0849. The zero-order valence-corrected chi connectivity index (χ0v) is 20.7. The van der Waals surface area contributed by atoms with E-state index in [0.29, 0.717) is 5.75 Å². The van der Waals surface area contributed by atoms with Crippen molar-refractivity contribution in [2.75, 3.05) is 45.4 Å². The number of ether oxygens (including phenoxy) is 5. The highest BCUT2D eigenvalue weighted by atomic mass is 32.2. The van der Waals surface area contributed by atoms with Crippen LogP contribution in [0.5, 0.6) is 29.1 Å². The van der Waals surface area contributed by atoms with Gasteiger partial charge >= 0.3 is 16.2 Å². The summed E-state index contributed by atoms with van der Waals surface area (Å²) in [6.07, 6.45) is 0. The van der Waals surface area contributed by atoms with Crippen LogP contribution in [0.15, 0.2) is 54.6 Å². The lowest BCUT2D eigenvalue weighted by Crippen LogP contribution is -2.30. The predicted octanol–water partition coefficient (Wildman–Crippen LogP) is 2.12. The molecule has 36 heavy (non-hydrogen) atoms. The molecular formula is C23H28N4O8S. The number of nitrogens with one attached hydrogen (secondary N) is 2. The van der Waals surface area contributed by atoms with Gasteiger partial charge in [0, 0.05) is 13.7 Å². The molecule has 0 bridgehead atoms. The Kier molecular flexibility index (Phi) is 10.1. The normalized spacial score (nSPS) is 11.1. The van der Waals surface area contributed by atoms with E-state index in [-0.39, 0.29) is 62.2 Å². The molecule has 0 aliphatic heterocycles. The van der Waals surface area contributed by atoms with Gasteiger partial charge in [-0.2, -0.15) is 23.1 Å². The fourth-order valence-corrected chi connectivity index (χ4v) is 3.66. The smallest absolute Gasteiger partial charge is 0.322 e. The molecule has 3 aromatic rings. The highest BCUT2D eigenvalue weighted by Crippen LogP contribution is 2.41. The zero-order chi connectivity index (χ0) is 25.8. The van der Waals surface area contributed by atoms with Gasteiger partial charge in [0.15, 0.2) is 17.3 Å². The Morgan fingerprint density at radius 3 is 2.31 bits per heavy atom. The zero-order valence-electron chi connectivity index (χ0n) is 19.8. The number of aromatic nitrogens is 2. The summed E-state index contributed by atoms with van der Waals surface area (Å²) < 4.78 is 57.8. The Hall–Kier alpha value is -3.65. The minimum Gasteiger partial charge on any atom is -0.493 e. The van der Waals surface area contributed by atoms with Gasteiger partial charge in [0.05, 0.1) is 20.3 Å². The van der Waals surface area contributed by atoms with Crippen LogP contribution in [0.4, 0.5) is 5.82 Å². The van der Waals surface area contributed by atoms with Crippen molar-refractivity contribution < 1.29 is 37.2 Å². The highest BCUT2D eigenvalue weighted by molar-refractivity contribution is 7.90. The molecule has 0 radical (unpaired) electrons. The van der Waals surface area contributed by atoms with E-state index in [1.54, 1.807) is 48.5 Å². The van der Waals surface area contributed by atoms with Crippen molar-refractivity contribution in [3.8, 4) is 29.1 Å². The van der Waals surface area contributed by atoms with Crippen LogP contribution in [0.25, 0.3) is 0 Å². The molecule has 0 unspecified atom stereocenters. The molecule has 1 aromatic heterocycles. The van der Waals surface area contributed by atoms with E-state index in [1.807, 2.05) is 6.07 Å². The van der Waals surface area contributed by atoms with Gasteiger partial charge in [-0.25, -0.2) is 0 Å². The molecule has 1 heterocycles. The lowest BCUT2D eigenvalue weighted by atomic mass is 10.2. The maximum absolute atomic E-state index is 12.9. The number of aliphatic hydroxyl groups excluding tert-OH is 1. The molecule has 0 aliphatic rings. The summed E-state index contributed by atoms with van der Waals surface area (Å²) in [7, 11) is -1.16. The molecule has 0 saturated carbocycles. The number of nitrogens with zero attached hydrogens (tertiary/aromatic N) is 2. The van der Waals surface area contributed by atoms with Crippen molar-refractivity contribution in [2.24, 2.45) is 0 Å². The number of benzene rings is 2. The lowest BCUT2D eigenvalue weighted by Gasteiger charge is -2.18. The minimum absolute atomic E-state index is 0.0367. The third-order valence-electron chi connectivity index (χ3n) is 4.48. The number of aliphatic hydroxyl groups is 1. The van der Waals surface area contributed by atoms with Crippen molar-refractivity contribution in [3.05, 3.63) is 60.2 Å². The molecule has 0 atom stereocenters. The Labute approximate surface area is 209 Å². The first kappa shape index (κ1) is 26.9. The molecule has 13 heteroatoms. The maximum atomic E-state index is 12.9. The molecule has 0 saturated heterocycles. The second kappa shape index (κ2) is 13.4. The molecule has 3 N–H and O–H groups in total. The topological polar surface area (TPSA) is 150 Å². The van der Waals surface area contributed by atoms with E-state index in [1.165, 1.54) is 14.2 Å². The summed E-state index contributed by atoms with van der Waals surface area (Å²) in [5.74, 6) is 0.0670. The second-order valence-electron chi connectivity index (χ2n) is 7.07. The first-order valence-electron chi connectivity index (χ1n) is 10.9. The first-order valence-corrected chi connectivity index (χ1v) is 12.3. The van der Waals surface area contributed by atoms with E-state index >= 15 is 0 Å². The maximum Gasteiger partial charge on any atom is 0.322 e. The highest BCUT2D eigenvalue weighted by Gasteiger charge is 2.24. The van der Waals surface area contributed by atoms with Crippen LogP contribution in [0.2, 0.25) is 0 Å². The fourth-order valence-electron chi connectivity index (χ4n) is 2.84. The van der Waals surface area contributed by atoms with Gasteiger partial charge in [-0.15, -0.1) is 0 Å². The van der Waals surface area contributed by atoms with Crippen LogP contribution < -0.4 is 28.4 Å². The van der Waals surface area contributed by atoms with Crippen LogP contribution in [0.3, 0.4) is 0 Å². The molecule has 3 rings (SSSR count). The summed E-state index contributed by atoms with van der Waals surface area (Å²) in [4.78, 5) is 8.35. The van der Waals surface area contributed by atoms with Gasteiger partial charge in [0.25, 0.3) is 5.88 Å². The average Bonchev–Trinajstić information content (AvgIpc) is 2.88. The van der Waals surface area contributed by atoms with E-state index in [9.17, 15) is 13.5 Å². The van der Waals surface area contributed by atoms with Crippen molar-refractivity contribution in [1.82, 2.24) is 14.7 Å². The molecular weight excluding hydrogens is 492 g/mol. The number of methoxy groups -OCH3 is 2. The van der Waals surface area contributed by atoms with Crippen molar-refractivity contribution in [3.63, 3.8) is 0 Å². The van der Waals surface area contributed by atoms with Crippen molar-refractivity contribution in [2.45, 2.75) is 6.54 Å². The Balaban J connectivity index is 1.98. The van der Waals surface area contributed by atoms with E-state index in [4.69, 9.17) is 23.7 Å². The van der Waals surface area contributed by atoms with Crippen LogP contribution in [-0.2, 0) is 21.5 Å². The van der Waals surface area contributed by atoms with Gasteiger partial charge < -0.3 is 28.8 Å². The number of para-hydroxylation sites is 2. The van der Waals surface area contributed by atoms with Crippen molar-refractivity contribution in [1.29, 1.82) is 0 Å². The summed E-state index contributed by atoms with van der Waals surface area (Å²) in [5, 5.41) is 9.27. The van der Waals surface area contributed by atoms with Gasteiger partial charge in [-0.05, 0) is 17.7 Å². The third-order valence-corrected chi connectivity index (χ3v) is 5.47. The van der Waals surface area contributed by atoms with Gasteiger partial charge in [-0.3, -0.25) is 4.72 Å². The van der Waals surface area contributed by atoms with Gasteiger partial charge in [0.1, 0.15) is 13.2 Å². The molecule has 0 fully saturated rings. The molecule has 194 valence electrons. The summed E-state index contributed by atoms with van der Waals surface area (Å²) in [5.41, 5.74) is 0.756. The second-order valence-corrected chi connectivity index (χ2v) is 8.57. The molecule has 0 aliphatic carbocycles. The van der Waals surface area contributed by atoms with Gasteiger partial charge in [0.2, 0.25) is 5.75 Å². The summed E-state index contributed by atoms with van der Waals surface area (Å²) >= 11 is 0. The fraction of sp³-hybridized carbons (Fsp3) is 0.304. The minimum atomic E-state index is -4.13. The molecule has 12 nitrogen and oxygen atoms in total. The largest absolute Gasteiger partial charge is 0.493 e. The van der Waals surface area contributed by atoms with E-state index in [2.05, 4.69) is 19.4 Å². The monoisotopic (exact) mass is 520 g/mol. The quantitative estimate of drug-likeness (QED) is 0.254. The third kappa shape index (κ3) is 7.95. The number of rotatable bonds is 15. The Morgan fingerprint density at radius 1 is 0.889 bits per heavy atom. The lowest BCUT2D eigenvalue weighted by molar-refractivity contribution is 0.139. The Bertz CT molecular complexity index is 1210. The number of anilines is 1. The standard InChI is InChI=1S/C23H28N4O8S/c1-31-14-15-34-23-25-21(27-36(29,30)24-16-17-8-4-3-5-9-17)20(22(26-23)33-13-12-28)35-19-11-7-6-10-18(19)32-2/h3-11,24,28H,12-16H2,1-2H3,(H,25,26,27). The predicted molar refractivity (Wildman–Crippen MR) is 131 cm³/mol. The van der Waals surface area contributed by atoms with Crippen LogP contribution in [0.1, 0.15) is 5.56 Å². The molecule has 2 aromatic carbocycles. The summed E-state index contributed by atoms with van der Waals surface area (Å²) in [6, 6.07) is 15.5. The first-order chi connectivity index (χ1) is 17.5. The average molecular weight is 521 g/mol. The van der Waals surface area contributed by atoms with Crippen molar-refractivity contribution >= 4 is 16.0 Å². The molecule has 0 spiro atoms. The van der Waals surface area contributed by atoms with Crippen LogP contribution in [0, 0.1) is 0 Å². The molecule has 0 amide bonds. The number of hydrogen-bond acceptors (Lipinski definition) is 10.